The molecule has 2 aromatic heterocycles. The van der Waals surface area contributed by atoms with Gasteiger partial charge in [-0.3, -0.25) is 9.67 Å². The molecule has 0 radical (unpaired) electrons. The number of nitrogens with one attached hydrogen (secondary N) is 1. The number of hydrogen-bond acceptors (Lipinski definition) is 4. The molecule has 0 aliphatic carbocycles. The molecule has 0 unspecified atom stereocenters. The zero-order chi connectivity index (χ0) is 22.1. The lowest BCUT2D eigenvalue weighted by molar-refractivity contribution is 0.146. The summed E-state index contributed by atoms with van der Waals surface area (Å²) in [5.41, 5.74) is 2.66. The van der Waals surface area contributed by atoms with Crippen molar-refractivity contribution in [3.05, 3.63) is 71.9 Å². The summed E-state index contributed by atoms with van der Waals surface area (Å²) < 4.78 is 48.1. The molecule has 4 rings (SSSR count). The van der Waals surface area contributed by atoms with E-state index < -0.39 is 23.8 Å². The Balaban J connectivity index is 1.77. The monoisotopic (exact) mass is 426 g/mol. The molecule has 0 aliphatic rings. The Morgan fingerprint density at radius 1 is 1.13 bits per heavy atom. The standard InChI is InChI=1S/C23H21F3N4O/c1-13(15-5-4-6-16(22(15)24)23(25)26)29-19-7-8-27-20-10-21(31-3)17(9-18(19)20)14-11-28-30(2)12-14/h4-13,23H,1-3H3,(H,27,29)/t13-/m1/s1. The number of nitrogens with zero attached hydrogens (tertiary/aromatic N) is 3. The summed E-state index contributed by atoms with van der Waals surface area (Å²) in [5.74, 6) is -0.248. The normalized spacial score (nSPS) is 12.4. The van der Waals surface area contributed by atoms with E-state index in [1.54, 1.807) is 37.2 Å². The van der Waals surface area contributed by atoms with Gasteiger partial charge in [0.15, 0.2) is 0 Å². The molecule has 160 valence electrons. The number of hydrogen-bond donors (Lipinski definition) is 1. The Labute approximate surface area is 177 Å². The molecule has 8 heteroatoms. The highest BCUT2D eigenvalue weighted by Gasteiger charge is 2.20. The second kappa shape index (κ2) is 8.29. The summed E-state index contributed by atoms with van der Waals surface area (Å²) in [5, 5.41) is 8.25. The Morgan fingerprint density at radius 3 is 2.58 bits per heavy atom. The third-order valence-electron chi connectivity index (χ3n) is 5.21. The van der Waals surface area contributed by atoms with Crippen molar-refractivity contribution in [2.75, 3.05) is 12.4 Å². The zero-order valence-electron chi connectivity index (χ0n) is 17.2. The van der Waals surface area contributed by atoms with E-state index >= 15 is 0 Å². The Morgan fingerprint density at radius 2 is 1.90 bits per heavy atom. The molecule has 0 amide bonds. The SMILES string of the molecule is COc1cc2nccc(N[C@H](C)c3cccc(C(F)F)c3F)c2cc1-c1cnn(C)c1. The number of pyridine rings is 1. The molecule has 2 heterocycles. The van der Waals surface area contributed by atoms with E-state index in [9.17, 15) is 13.2 Å². The molecule has 0 saturated carbocycles. The van der Waals surface area contributed by atoms with Gasteiger partial charge in [-0.1, -0.05) is 18.2 Å². The number of halogens is 3. The number of ether oxygens (including phenoxy) is 1. The summed E-state index contributed by atoms with van der Waals surface area (Å²) in [6.45, 7) is 1.73. The molecule has 1 atom stereocenters. The van der Waals surface area contributed by atoms with Crippen molar-refractivity contribution in [1.29, 1.82) is 0 Å². The highest BCUT2D eigenvalue weighted by atomic mass is 19.3. The number of methoxy groups -OCH3 is 1. The van der Waals surface area contributed by atoms with Gasteiger partial charge in [0.2, 0.25) is 0 Å². The lowest BCUT2D eigenvalue weighted by atomic mass is 10.0. The summed E-state index contributed by atoms with van der Waals surface area (Å²) in [6.07, 6.45) is 2.37. The number of anilines is 1. The molecule has 0 fully saturated rings. The number of aryl methyl sites for hydroxylation is 1. The van der Waals surface area contributed by atoms with Gasteiger partial charge in [0.1, 0.15) is 11.6 Å². The third-order valence-corrected chi connectivity index (χ3v) is 5.21. The number of fused-ring (bicyclic) bond motifs is 1. The molecule has 31 heavy (non-hydrogen) atoms. The van der Waals surface area contributed by atoms with Crippen LogP contribution in [0.1, 0.15) is 30.5 Å². The largest absolute Gasteiger partial charge is 0.496 e. The first kappa shape index (κ1) is 20.7. The van der Waals surface area contributed by atoms with E-state index in [0.717, 1.165) is 22.6 Å². The van der Waals surface area contributed by atoms with Crippen LogP contribution < -0.4 is 10.1 Å². The molecule has 0 aliphatic heterocycles. The van der Waals surface area contributed by atoms with Crippen LogP contribution in [-0.2, 0) is 7.05 Å². The molecule has 5 nitrogen and oxygen atoms in total. The molecule has 0 bridgehead atoms. The van der Waals surface area contributed by atoms with Crippen LogP contribution in [0, 0.1) is 5.82 Å². The first-order valence-electron chi connectivity index (χ1n) is 9.67. The van der Waals surface area contributed by atoms with Crippen molar-refractivity contribution in [3.8, 4) is 16.9 Å². The lowest BCUT2D eigenvalue weighted by Crippen LogP contribution is -2.10. The molecule has 4 aromatic rings. The highest BCUT2D eigenvalue weighted by Crippen LogP contribution is 2.37. The van der Waals surface area contributed by atoms with Crippen LogP contribution in [0.25, 0.3) is 22.0 Å². The molecular formula is C23H21F3N4O. The fraction of sp³-hybridized carbons (Fsp3) is 0.217. The Hall–Kier alpha value is -3.55. The minimum absolute atomic E-state index is 0.170. The molecule has 0 saturated heterocycles. The molecule has 0 spiro atoms. The van der Waals surface area contributed by atoms with Gasteiger partial charge >= 0.3 is 0 Å². The van der Waals surface area contributed by atoms with Gasteiger partial charge in [0.25, 0.3) is 6.43 Å². The second-order valence-electron chi connectivity index (χ2n) is 7.25. The third kappa shape index (κ3) is 3.93. The van der Waals surface area contributed by atoms with E-state index in [2.05, 4.69) is 15.4 Å². The maximum Gasteiger partial charge on any atom is 0.266 e. The van der Waals surface area contributed by atoms with E-state index in [1.165, 1.54) is 12.1 Å². The van der Waals surface area contributed by atoms with Crippen LogP contribution in [-0.4, -0.2) is 21.9 Å². The molecular weight excluding hydrogens is 405 g/mol. The zero-order valence-corrected chi connectivity index (χ0v) is 17.2. The van der Waals surface area contributed by atoms with Crippen LogP contribution in [0.3, 0.4) is 0 Å². The van der Waals surface area contributed by atoms with Gasteiger partial charge in [0, 0.05) is 53.3 Å². The number of aromatic nitrogens is 3. The Bertz CT molecular complexity index is 1240. The lowest BCUT2D eigenvalue weighted by Gasteiger charge is -2.19. The Kier molecular flexibility index (Phi) is 5.54. The maximum absolute atomic E-state index is 14.6. The molecule has 1 N–H and O–H groups in total. The van der Waals surface area contributed by atoms with Crippen LogP contribution in [0.15, 0.2) is 55.0 Å². The van der Waals surface area contributed by atoms with Gasteiger partial charge in [-0.05, 0) is 19.1 Å². The smallest absolute Gasteiger partial charge is 0.266 e. The van der Waals surface area contributed by atoms with Crippen molar-refractivity contribution >= 4 is 16.6 Å². The topological polar surface area (TPSA) is 52.0 Å². The van der Waals surface area contributed by atoms with Crippen molar-refractivity contribution in [2.45, 2.75) is 19.4 Å². The molecule has 2 aromatic carbocycles. The van der Waals surface area contributed by atoms with Gasteiger partial charge in [0.05, 0.1) is 30.4 Å². The average molecular weight is 426 g/mol. The average Bonchev–Trinajstić information content (AvgIpc) is 3.19. The summed E-state index contributed by atoms with van der Waals surface area (Å²) in [4.78, 5) is 4.41. The van der Waals surface area contributed by atoms with Gasteiger partial charge < -0.3 is 10.1 Å². The minimum Gasteiger partial charge on any atom is -0.496 e. The quantitative estimate of drug-likeness (QED) is 0.417. The van der Waals surface area contributed by atoms with Crippen molar-refractivity contribution in [1.82, 2.24) is 14.8 Å². The van der Waals surface area contributed by atoms with E-state index in [-0.39, 0.29) is 5.56 Å². The van der Waals surface area contributed by atoms with Crippen LogP contribution in [0.2, 0.25) is 0 Å². The van der Waals surface area contributed by atoms with Gasteiger partial charge in [-0.15, -0.1) is 0 Å². The second-order valence-corrected chi connectivity index (χ2v) is 7.25. The predicted molar refractivity (Wildman–Crippen MR) is 114 cm³/mol. The summed E-state index contributed by atoms with van der Waals surface area (Å²) in [7, 11) is 3.42. The minimum atomic E-state index is -2.87. The predicted octanol–water partition coefficient (Wildman–Crippen LogP) is 5.89. The first-order valence-corrected chi connectivity index (χ1v) is 9.67. The number of alkyl halides is 2. The summed E-state index contributed by atoms with van der Waals surface area (Å²) in [6, 6.07) is 9.02. The first-order chi connectivity index (χ1) is 14.9. The van der Waals surface area contributed by atoms with Crippen molar-refractivity contribution in [2.24, 2.45) is 7.05 Å². The van der Waals surface area contributed by atoms with Gasteiger partial charge in [-0.25, -0.2) is 13.2 Å². The number of rotatable bonds is 6. The number of benzene rings is 2. The van der Waals surface area contributed by atoms with Crippen molar-refractivity contribution < 1.29 is 17.9 Å². The van der Waals surface area contributed by atoms with E-state index in [0.29, 0.717) is 17.0 Å². The van der Waals surface area contributed by atoms with Gasteiger partial charge in [-0.2, -0.15) is 5.10 Å². The maximum atomic E-state index is 14.6. The summed E-state index contributed by atoms with van der Waals surface area (Å²) >= 11 is 0. The van der Waals surface area contributed by atoms with Crippen LogP contribution >= 0.6 is 0 Å². The van der Waals surface area contributed by atoms with E-state index in [1.807, 2.05) is 25.4 Å². The van der Waals surface area contributed by atoms with Crippen LogP contribution in [0.5, 0.6) is 5.75 Å². The van der Waals surface area contributed by atoms with Crippen molar-refractivity contribution in [3.63, 3.8) is 0 Å². The highest BCUT2D eigenvalue weighted by molar-refractivity contribution is 5.96. The fourth-order valence-corrected chi connectivity index (χ4v) is 3.64. The van der Waals surface area contributed by atoms with Crippen LogP contribution in [0.4, 0.5) is 18.9 Å². The fourth-order valence-electron chi connectivity index (χ4n) is 3.64. The van der Waals surface area contributed by atoms with E-state index in [4.69, 9.17) is 4.74 Å².